The molecule has 4 nitrogen and oxygen atoms in total. The molecule has 0 radical (unpaired) electrons. The Kier molecular flexibility index (Phi) is 3.66. The fourth-order valence-corrected chi connectivity index (χ4v) is 1.60. The molecule has 2 N–H and O–H groups in total. The van der Waals surface area contributed by atoms with Crippen molar-refractivity contribution < 1.29 is 4.74 Å². The number of nitrogens with zero attached hydrogens (tertiary/aromatic N) is 2. The van der Waals surface area contributed by atoms with Crippen molar-refractivity contribution in [2.75, 3.05) is 6.61 Å². The van der Waals surface area contributed by atoms with E-state index in [-0.39, 0.29) is 6.04 Å². The summed E-state index contributed by atoms with van der Waals surface area (Å²) in [5, 5.41) is 4.84. The molecule has 17 heavy (non-hydrogen) atoms. The molecule has 0 bridgehead atoms. The summed E-state index contributed by atoms with van der Waals surface area (Å²) in [6.07, 6.45) is 3.43. The minimum atomic E-state index is -0.00124. The third kappa shape index (κ3) is 2.99. The Morgan fingerprint density at radius 3 is 2.94 bits per heavy atom. The van der Waals surface area contributed by atoms with Crippen molar-refractivity contribution in [2.45, 2.75) is 13.0 Å². The molecule has 0 spiro atoms. The average molecular weight is 252 g/mol. The van der Waals surface area contributed by atoms with Crippen LogP contribution in [0, 0.1) is 0 Å². The number of rotatable bonds is 4. The SMILES string of the molecule is CC(N)COc1cnn(-c2ccccc2Cl)c1. The summed E-state index contributed by atoms with van der Waals surface area (Å²) < 4.78 is 7.14. The van der Waals surface area contributed by atoms with E-state index in [1.807, 2.05) is 31.2 Å². The number of ether oxygens (including phenoxy) is 1. The summed E-state index contributed by atoms with van der Waals surface area (Å²) in [7, 11) is 0. The fourth-order valence-electron chi connectivity index (χ4n) is 1.38. The highest BCUT2D eigenvalue weighted by molar-refractivity contribution is 6.32. The van der Waals surface area contributed by atoms with Crippen molar-refractivity contribution in [2.24, 2.45) is 5.73 Å². The van der Waals surface area contributed by atoms with Crippen LogP contribution in [0.25, 0.3) is 5.69 Å². The van der Waals surface area contributed by atoms with E-state index in [4.69, 9.17) is 22.1 Å². The molecule has 0 aliphatic heterocycles. The average Bonchev–Trinajstić information content (AvgIpc) is 2.75. The zero-order valence-electron chi connectivity index (χ0n) is 9.51. The Morgan fingerprint density at radius 2 is 2.24 bits per heavy atom. The molecule has 1 atom stereocenters. The second-order valence-corrected chi connectivity index (χ2v) is 4.27. The van der Waals surface area contributed by atoms with Gasteiger partial charge < -0.3 is 10.5 Å². The van der Waals surface area contributed by atoms with Gasteiger partial charge in [0.15, 0.2) is 5.75 Å². The zero-order chi connectivity index (χ0) is 12.3. The molecule has 0 saturated heterocycles. The number of halogens is 1. The Bertz CT molecular complexity index is 496. The predicted molar refractivity (Wildman–Crippen MR) is 67.7 cm³/mol. The van der Waals surface area contributed by atoms with E-state index in [0.717, 1.165) is 5.69 Å². The van der Waals surface area contributed by atoms with Crippen molar-refractivity contribution in [1.82, 2.24) is 9.78 Å². The van der Waals surface area contributed by atoms with Crippen molar-refractivity contribution >= 4 is 11.6 Å². The molecule has 90 valence electrons. The number of nitrogens with two attached hydrogens (primary N) is 1. The Hall–Kier alpha value is -1.52. The van der Waals surface area contributed by atoms with Gasteiger partial charge in [-0.1, -0.05) is 23.7 Å². The quantitative estimate of drug-likeness (QED) is 0.907. The van der Waals surface area contributed by atoms with Gasteiger partial charge in [0.1, 0.15) is 6.61 Å². The van der Waals surface area contributed by atoms with Gasteiger partial charge in [-0.2, -0.15) is 5.10 Å². The Labute approximate surface area is 105 Å². The normalized spacial score (nSPS) is 12.4. The minimum Gasteiger partial charge on any atom is -0.489 e. The molecular formula is C12H14ClN3O. The molecule has 0 saturated carbocycles. The predicted octanol–water partition coefficient (Wildman–Crippen LogP) is 2.25. The molecule has 1 unspecified atom stereocenters. The van der Waals surface area contributed by atoms with E-state index in [9.17, 15) is 0 Å². The molecule has 0 aliphatic carbocycles. The van der Waals surface area contributed by atoms with Gasteiger partial charge in [0, 0.05) is 6.04 Å². The lowest BCUT2D eigenvalue weighted by Crippen LogP contribution is -2.23. The highest BCUT2D eigenvalue weighted by Gasteiger charge is 2.05. The molecule has 5 heteroatoms. The first-order valence-corrected chi connectivity index (χ1v) is 5.72. The Morgan fingerprint density at radius 1 is 1.47 bits per heavy atom. The van der Waals surface area contributed by atoms with Crippen LogP contribution in [0.3, 0.4) is 0 Å². The van der Waals surface area contributed by atoms with Crippen LogP contribution in [0.2, 0.25) is 5.02 Å². The van der Waals surface area contributed by atoms with Crippen LogP contribution in [0.4, 0.5) is 0 Å². The first-order chi connectivity index (χ1) is 8.16. The molecular weight excluding hydrogens is 238 g/mol. The van der Waals surface area contributed by atoms with Gasteiger partial charge in [-0.25, -0.2) is 4.68 Å². The van der Waals surface area contributed by atoms with Crippen LogP contribution in [0.1, 0.15) is 6.92 Å². The monoisotopic (exact) mass is 251 g/mol. The largest absolute Gasteiger partial charge is 0.489 e. The molecule has 2 aromatic rings. The van der Waals surface area contributed by atoms with Crippen molar-refractivity contribution in [3.8, 4) is 11.4 Å². The summed E-state index contributed by atoms with van der Waals surface area (Å²) in [6.45, 7) is 2.35. The molecule has 0 aliphatic rings. The van der Waals surface area contributed by atoms with E-state index >= 15 is 0 Å². The maximum absolute atomic E-state index is 6.07. The Balaban J connectivity index is 2.16. The van der Waals surface area contributed by atoms with Crippen molar-refractivity contribution in [1.29, 1.82) is 0 Å². The smallest absolute Gasteiger partial charge is 0.157 e. The number of aromatic nitrogens is 2. The van der Waals surface area contributed by atoms with Gasteiger partial charge in [0.05, 0.1) is 23.1 Å². The zero-order valence-corrected chi connectivity index (χ0v) is 10.3. The van der Waals surface area contributed by atoms with Crippen molar-refractivity contribution in [3.05, 3.63) is 41.7 Å². The number of benzene rings is 1. The highest BCUT2D eigenvalue weighted by atomic mass is 35.5. The van der Waals surface area contributed by atoms with Crippen LogP contribution >= 0.6 is 11.6 Å². The first kappa shape index (κ1) is 12.0. The molecule has 2 rings (SSSR count). The highest BCUT2D eigenvalue weighted by Crippen LogP contribution is 2.21. The maximum Gasteiger partial charge on any atom is 0.157 e. The lowest BCUT2D eigenvalue weighted by Gasteiger charge is -2.05. The van der Waals surface area contributed by atoms with E-state index in [0.29, 0.717) is 17.4 Å². The molecule has 1 heterocycles. The standard InChI is InChI=1S/C12H14ClN3O/c1-9(14)8-17-10-6-15-16(7-10)12-5-3-2-4-11(12)13/h2-7,9H,8,14H2,1H3. The van der Waals surface area contributed by atoms with Gasteiger partial charge in [-0.3, -0.25) is 0 Å². The van der Waals surface area contributed by atoms with E-state index in [1.165, 1.54) is 0 Å². The molecule has 1 aromatic heterocycles. The fraction of sp³-hybridized carbons (Fsp3) is 0.250. The second kappa shape index (κ2) is 5.21. The first-order valence-electron chi connectivity index (χ1n) is 5.35. The van der Waals surface area contributed by atoms with Gasteiger partial charge >= 0.3 is 0 Å². The molecule has 0 fully saturated rings. The molecule has 1 aromatic carbocycles. The van der Waals surface area contributed by atoms with Crippen LogP contribution in [0.15, 0.2) is 36.7 Å². The number of para-hydroxylation sites is 1. The van der Waals surface area contributed by atoms with Gasteiger partial charge in [0.25, 0.3) is 0 Å². The van der Waals surface area contributed by atoms with E-state index in [2.05, 4.69) is 5.10 Å². The van der Waals surface area contributed by atoms with Crippen LogP contribution in [-0.2, 0) is 0 Å². The number of hydrogen-bond donors (Lipinski definition) is 1. The summed E-state index contributed by atoms with van der Waals surface area (Å²) in [6, 6.07) is 7.50. The third-order valence-electron chi connectivity index (χ3n) is 2.17. The lowest BCUT2D eigenvalue weighted by molar-refractivity contribution is 0.296. The van der Waals surface area contributed by atoms with Gasteiger partial charge in [-0.05, 0) is 19.1 Å². The maximum atomic E-state index is 6.07. The van der Waals surface area contributed by atoms with Crippen molar-refractivity contribution in [3.63, 3.8) is 0 Å². The summed E-state index contributed by atoms with van der Waals surface area (Å²) >= 11 is 6.07. The minimum absolute atomic E-state index is 0.00124. The lowest BCUT2D eigenvalue weighted by atomic mass is 10.3. The van der Waals surface area contributed by atoms with Crippen LogP contribution in [-0.4, -0.2) is 22.4 Å². The van der Waals surface area contributed by atoms with Crippen LogP contribution in [0.5, 0.6) is 5.75 Å². The van der Waals surface area contributed by atoms with Gasteiger partial charge in [0.2, 0.25) is 0 Å². The third-order valence-corrected chi connectivity index (χ3v) is 2.49. The second-order valence-electron chi connectivity index (χ2n) is 3.86. The van der Waals surface area contributed by atoms with E-state index in [1.54, 1.807) is 17.1 Å². The van der Waals surface area contributed by atoms with E-state index < -0.39 is 0 Å². The summed E-state index contributed by atoms with van der Waals surface area (Å²) in [4.78, 5) is 0. The topological polar surface area (TPSA) is 53.1 Å². The molecule has 0 amide bonds. The number of hydrogen-bond acceptors (Lipinski definition) is 3. The summed E-state index contributed by atoms with van der Waals surface area (Å²) in [5.74, 6) is 0.683. The van der Waals surface area contributed by atoms with Gasteiger partial charge in [-0.15, -0.1) is 0 Å². The summed E-state index contributed by atoms with van der Waals surface area (Å²) in [5.41, 5.74) is 6.43. The van der Waals surface area contributed by atoms with Crippen LogP contribution < -0.4 is 10.5 Å².